The van der Waals surface area contributed by atoms with Crippen molar-refractivity contribution in [1.29, 1.82) is 0 Å². The van der Waals surface area contributed by atoms with E-state index in [1.54, 1.807) is 19.2 Å². The van der Waals surface area contributed by atoms with Crippen LogP contribution >= 0.6 is 0 Å². The van der Waals surface area contributed by atoms with E-state index >= 15 is 0 Å². The zero-order chi connectivity index (χ0) is 16.1. The molecule has 1 atom stereocenters. The van der Waals surface area contributed by atoms with Gasteiger partial charge in [-0.05, 0) is 19.1 Å². The van der Waals surface area contributed by atoms with Crippen molar-refractivity contribution in [2.75, 3.05) is 27.3 Å². The van der Waals surface area contributed by atoms with Gasteiger partial charge in [-0.1, -0.05) is 6.58 Å². The number of hydrogen-bond donors (Lipinski definition) is 2. The van der Waals surface area contributed by atoms with Crippen molar-refractivity contribution in [3.05, 3.63) is 41.0 Å². The Labute approximate surface area is 129 Å². The normalized spacial score (nSPS) is 12.1. The molecule has 0 fully saturated rings. The minimum Gasteiger partial charge on any atom is -0.493 e. The van der Waals surface area contributed by atoms with Crippen molar-refractivity contribution in [3.63, 3.8) is 0 Å². The topological polar surface area (TPSA) is 68.7 Å². The summed E-state index contributed by atoms with van der Waals surface area (Å²) in [4.78, 5) is 20.9. The van der Waals surface area contributed by atoms with Gasteiger partial charge in [0.1, 0.15) is 6.54 Å². The van der Waals surface area contributed by atoms with Gasteiger partial charge in [0.25, 0.3) is 5.56 Å². The SMILES string of the molecule is C=CC[NH+](CC)Cc1nc2cc(OC)c(OC)cc2c(=O)[nH]1. The second-order valence-corrected chi connectivity index (χ2v) is 5.01. The summed E-state index contributed by atoms with van der Waals surface area (Å²) < 4.78 is 10.5. The molecule has 0 bridgehead atoms. The monoisotopic (exact) mass is 304 g/mol. The van der Waals surface area contributed by atoms with Gasteiger partial charge in [-0.15, -0.1) is 0 Å². The first-order valence-corrected chi connectivity index (χ1v) is 7.22. The Bertz CT molecular complexity index is 724. The van der Waals surface area contributed by atoms with Crippen LogP contribution in [-0.2, 0) is 6.54 Å². The number of rotatable bonds is 7. The van der Waals surface area contributed by atoms with Crippen LogP contribution in [0.5, 0.6) is 11.5 Å². The number of ether oxygens (including phenoxy) is 2. The summed E-state index contributed by atoms with van der Waals surface area (Å²) >= 11 is 0. The Morgan fingerprint density at radius 1 is 1.32 bits per heavy atom. The minimum atomic E-state index is -0.171. The van der Waals surface area contributed by atoms with Crippen LogP contribution in [0.1, 0.15) is 12.7 Å². The van der Waals surface area contributed by atoms with E-state index in [9.17, 15) is 4.79 Å². The second kappa shape index (κ2) is 7.09. The molecule has 1 aromatic heterocycles. The summed E-state index contributed by atoms with van der Waals surface area (Å²) in [6.45, 7) is 8.24. The molecule has 2 rings (SSSR count). The lowest BCUT2D eigenvalue weighted by Gasteiger charge is -2.15. The third-order valence-electron chi connectivity index (χ3n) is 3.61. The Hall–Kier alpha value is -2.34. The lowest BCUT2D eigenvalue weighted by Crippen LogP contribution is -3.10. The summed E-state index contributed by atoms with van der Waals surface area (Å²) in [6, 6.07) is 3.38. The molecule has 118 valence electrons. The Morgan fingerprint density at radius 2 is 2.00 bits per heavy atom. The van der Waals surface area contributed by atoms with E-state index in [1.807, 2.05) is 6.08 Å². The van der Waals surface area contributed by atoms with Crippen LogP contribution < -0.4 is 19.9 Å². The van der Waals surface area contributed by atoms with Crippen LogP contribution in [0.15, 0.2) is 29.6 Å². The highest BCUT2D eigenvalue weighted by atomic mass is 16.5. The number of nitrogens with zero attached hydrogens (tertiary/aromatic N) is 1. The molecule has 0 aliphatic carbocycles. The summed E-state index contributed by atoms with van der Waals surface area (Å²) in [5.41, 5.74) is 0.431. The fourth-order valence-electron chi connectivity index (χ4n) is 2.38. The standard InChI is InChI=1S/C16H21N3O3/c1-5-7-19(6-2)10-15-17-12-9-14(22-4)13(21-3)8-11(12)16(20)18-15/h5,8-9H,1,6-7,10H2,2-4H3,(H,17,18,20)/p+1. The van der Waals surface area contributed by atoms with Gasteiger partial charge >= 0.3 is 0 Å². The van der Waals surface area contributed by atoms with Crippen LogP contribution in [0.25, 0.3) is 10.9 Å². The first-order chi connectivity index (χ1) is 10.6. The number of H-pyrrole nitrogens is 1. The van der Waals surface area contributed by atoms with E-state index in [1.165, 1.54) is 12.0 Å². The average molecular weight is 304 g/mol. The van der Waals surface area contributed by atoms with Gasteiger partial charge < -0.3 is 19.4 Å². The maximum Gasteiger partial charge on any atom is 0.259 e. The third-order valence-corrected chi connectivity index (χ3v) is 3.61. The van der Waals surface area contributed by atoms with E-state index in [0.717, 1.165) is 13.1 Å². The van der Waals surface area contributed by atoms with Gasteiger partial charge in [-0.2, -0.15) is 0 Å². The number of quaternary nitrogens is 1. The maximum atomic E-state index is 12.3. The van der Waals surface area contributed by atoms with Crippen molar-refractivity contribution >= 4 is 10.9 Å². The third kappa shape index (κ3) is 3.28. The predicted molar refractivity (Wildman–Crippen MR) is 85.7 cm³/mol. The van der Waals surface area contributed by atoms with Crippen LogP contribution in [-0.4, -0.2) is 37.3 Å². The van der Waals surface area contributed by atoms with Crippen molar-refractivity contribution < 1.29 is 14.4 Å². The molecular weight excluding hydrogens is 282 g/mol. The number of aromatic amines is 1. The average Bonchev–Trinajstić information content (AvgIpc) is 2.53. The molecule has 22 heavy (non-hydrogen) atoms. The summed E-state index contributed by atoms with van der Waals surface area (Å²) in [7, 11) is 3.10. The van der Waals surface area contributed by atoms with Gasteiger partial charge in [0.05, 0.1) is 38.2 Å². The molecule has 0 radical (unpaired) electrons. The smallest absolute Gasteiger partial charge is 0.259 e. The van der Waals surface area contributed by atoms with Crippen molar-refractivity contribution in [3.8, 4) is 11.5 Å². The highest BCUT2D eigenvalue weighted by Gasteiger charge is 2.13. The number of likely N-dealkylation sites (N-methyl/N-ethyl adjacent to an activating group) is 1. The number of benzene rings is 1. The molecule has 0 saturated heterocycles. The fraction of sp³-hybridized carbons (Fsp3) is 0.375. The highest BCUT2D eigenvalue weighted by Crippen LogP contribution is 2.29. The Morgan fingerprint density at radius 3 is 2.59 bits per heavy atom. The van der Waals surface area contributed by atoms with Gasteiger partial charge in [0.2, 0.25) is 0 Å². The second-order valence-electron chi connectivity index (χ2n) is 5.01. The zero-order valence-electron chi connectivity index (χ0n) is 13.2. The number of hydrogen-bond acceptors (Lipinski definition) is 4. The molecule has 2 N–H and O–H groups in total. The van der Waals surface area contributed by atoms with Crippen LogP contribution in [0.4, 0.5) is 0 Å². The lowest BCUT2D eigenvalue weighted by atomic mass is 10.2. The van der Waals surface area contributed by atoms with E-state index in [4.69, 9.17) is 9.47 Å². The highest BCUT2D eigenvalue weighted by molar-refractivity contribution is 5.81. The van der Waals surface area contributed by atoms with Gasteiger partial charge in [0.15, 0.2) is 17.3 Å². The van der Waals surface area contributed by atoms with Gasteiger partial charge in [-0.3, -0.25) is 4.79 Å². The van der Waals surface area contributed by atoms with Crippen molar-refractivity contribution in [2.45, 2.75) is 13.5 Å². The van der Waals surface area contributed by atoms with E-state index in [-0.39, 0.29) is 5.56 Å². The zero-order valence-corrected chi connectivity index (χ0v) is 13.2. The van der Waals surface area contributed by atoms with Crippen LogP contribution in [0.2, 0.25) is 0 Å². The fourth-order valence-corrected chi connectivity index (χ4v) is 2.38. The molecule has 2 aromatic rings. The van der Waals surface area contributed by atoms with Crippen molar-refractivity contribution in [1.82, 2.24) is 9.97 Å². The molecule has 1 unspecified atom stereocenters. The maximum absolute atomic E-state index is 12.3. The molecule has 1 heterocycles. The first-order valence-electron chi connectivity index (χ1n) is 7.22. The van der Waals surface area contributed by atoms with E-state index in [0.29, 0.717) is 34.8 Å². The molecule has 0 spiro atoms. The summed E-state index contributed by atoms with van der Waals surface area (Å²) in [5, 5.41) is 0.489. The number of fused-ring (bicyclic) bond motifs is 1. The number of aromatic nitrogens is 2. The van der Waals surface area contributed by atoms with Gasteiger partial charge in [-0.25, -0.2) is 4.98 Å². The number of nitrogens with one attached hydrogen (secondary N) is 2. The largest absolute Gasteiger partial charge is 0.493 e. The molecule has 0 saturated carbocycles. The molecular formula is C16H22N3O3+. The summed E-state index contributed by atoms with van der Waals surface area (Å²) in [5.74, 6) is 1.73. The molecule has 6 heteroatoms. The quantitative estimate of drug-likeness (QED) is 0.732. The van der Waals surface area contributed by atoms with E-state index < -0.39 is 0 Å². The molecule has 6 nitrogen and oxygen atoms in total. The molecule has 1 aromatic carbocycles. The molecule has 0 aliphatic heterocycles. The Balaban J connectivity index is 2.47. The van der Waals surface area contributed by atoms with E-state index in [2.05, 4.69) is 23.5 Å². The van der Waals surface area contributed by atoms with Crippen LogP contribution in [0, 0.1) is 0 Å². The van der Waals surface area contributed by atoms with Crippen molar-refractivity contribution in [2.24, 2.45) is 0 Å². The predicted octanol–water partition coefficient (Wildman–Crippen LogP) is 0.531. The molecule has 0 aliphatic rings. The van der Waals surface area contributed by atoms with Gasteiger partial charge in [0, 0.05) is 6.07 Å². The Kier molecular flexibility index (Phi) is 5.16. The van der Waals surface area contributed by atoms with Crippen LogP contribution in [0.3, 0.4) is 0 Å². The first kappa shape index (κ1) is 16.0. The number of methoxy groups -OCH3 is 2. The summed E-state index contributed by atoms with van der Waals surface area (Å²) in [6.07, 6.45) is 1.87. The lowest BCUT2D eigenvalue weighted by molar-refractivity contribution is -0.906. The minimum absolute atomic E-state index is 0.171. The molecule has 0 amide bonds.